The van der Waals surface area contributed by atoms with Crippen molar-refractivity contribution in [3.05, 3.63) is 33.3 Å². The number of hydrogen-bond acceptors (Lipinski definition) is 1. The smallest absolute Gasteiger partial charge is 0.0687 e. The first-order valence-corrected chi connectivity index (χ1v) is 5.52. The third kappa shape index (κ3) is 1.55. The molecule has 0 fully saturated rings. The average molecular weight is 211 g/mol. The van der Waals surface area contributed by atoms with Crippen LogP contribution in [-0.2, 0) is 19.4 Å². The maximum absolute atomic E-state index is 9.34. The van der Waals surface area contributed by atoms with Crippen LogP contribution in [0.4, 0.5) is 0 Å². The minimum absolute atomic E-state index is 0.120. The van der Waals surface area contributed by atoms with Crippen LogP contribution >= 0.6 is 11.6 Å². The molecule has 1 N–H and O–H groups in total. The Balaban J connectivity index is 2.60. The summed E-state index contributed by atoms with van der Waals surface area (Å²) in [6.07, 6.45) is 4.70. The molecule has 0 aromatic heterocycles. The summed E-state index contributed by atoms with van der Waals surface area (Å²) in [6.45, 7) is 2.11. The lowest BCUT2D eigenvalue weighted by Gasteiger charge is -2.21. The topological polar surface area (TPSA) is 20.2 Å². The number of aliphatic hydroxyl groups excluding tert-OH is 1. The largest absolute Gasteiger partial charge is 0.392 e. The molecule has 0 saturated carbocycles. The maximum Gasteiger partial charge on any atom is 0.0687 e. The van der Waals surface area contributed by atoms with Crippen molar-refractivity contribution < 1.29 is 5.11 Å². The quantitative estimate of drug-likeness (QED) is 0.756. The minimum Gasteiger partial charge on any atom is -0.392 e. The van der Waals surface area contributed by atoms with Gasteiger partial charge in [-0.15, -0.1) is 0 Å². The summed E-state index contributed by atoms with van der Waals surface area (Å²) in [4.78, 5) is 0. The van der Waals surface area contributed by atoms with Crippen LogP contribution in [0.25, 0.3) is 0 Å². The van der Waals surface area contributed by atoms with E-state index in [9.17, 15) is 5.11 Å². The minimum atomic E-state index is 0.120. The van der Waals surface area contributed by atoms with Crippen LogP contribution in [0, 0.1) is 6.92 Å². The van der Waals surface area contributed by atoms with Gasteiger partial charge in [-0.3, -0.25) is 0 Å². The Kier molecular flexibility index (Phi) is 2.80. The fraction of sp³-hybridized carbons (Fsp3) is 0.500. The zero-order valence-corrected chi connectivity index (χ0v) is 9.19. The molecule has 0 atom stereocenters. The van der Waals surface area contributed by atoms with E-state index in [2.05, 4.69) is 6.07 Å². The molecule has 0 aliphatic heterocycles. The molecule has 0 saturated heterocycles. The van der Waals surface area contributed by atoms with Gasteiger partial charge in [0.2, 0.25) is 0 Å². The Morgan fingerprint density at radius 3 is 2.79 bits per heavy atom. The molecule has 1 aliphatic carbocycles. The first-order valence-electron chi connectivity index (χ1n) is 5.14. The van der Waals surface area contributed by atoms with Crippen molar-refractivity contribution in [3.8, 4) is 0 Å². The van der Waals surface area contributed by atoms with Crippen molar-refractivity contribution in [1.29, 1.82) is 0 Å². The zero-order chi connectivity index (χ0) is 10.1. The van der Waals surface area contributed by atoms with Crippen LogP contribution in [0.1, 0.15) is 35.1 Å². The highest BCUT2D eigenvalue weighted by Gasteiger charge is 2.16. The van der Waals surface area contributed by atoms with Gasteiger partial charge >= 0.3 is 0 Å². The van der Waals surface area contributed by atoms with Crippen LogP contribution in [0.15, 0.2) is 6.07 Å². The molecule has 0 amide bonds. The summed E-state index contributed by atoms with van der Waals surface area (Å²) in [7, 11) is 0. The Bertz CT molecular complexity index is 358. The highest BCUT2D eigenvalue weighted by Crippen LogP contribution is 2.31. The van der Waals surface area contributed by atoms with E-state index in [1.807, 2.05) is 6.92 Å². The highest BCUT2D eigenvalue weighted by molar-refractivity contribution is 6.31. The Morgan fingerprint density at radius 1 is 1.36 bits per heavy atom. The zero-order valence-electron chi connectivity index (χ0n) is 8.44. The summed E-state index contributed by atoms with van der Waals surface area (Å²) in [5, 5.41) is 10.1. The average Bonchev–Trinajstić information content (AvgIpc) is 2.20. The van der Waals surface area contributed by atoms with Crippen LogP contribution < -0.4 is 0 Å². The Labute approximate surface area is 89.7 Å². The molecule has 1 nitrogen and oxygen atoms in total. The van der Waals surface area contributed by atoms with Crippen molar-refractivity contribution in [1.82, 2.24) is 0 Å². The molecule has 1 aromatic rings. The monoisotopic (exact) mass is 210 g/mol. The van der Waals surface area contributed by atoms with Crippen LogP contribution in [0.2, 0.25) is 5.02 Å². The molecule has 0 spiro atoms. The number of hydrogen-bond donors (Lipinski definition) is 1. The molecule has 2 heteroatoms. The normalized spacial score (nSPS) is 15.4. The van der Waals surface area contributed by atoms with Gasteiger partial charge in [0.15, 0.2) is 0 Å². The SMILES string of the molecule is Cc1c(Cl)cc2c(c1CO)CCCC2. The molecule has 2 rings (SSSR count). The summed E-state index contributed by atoms with van der Waals surface area (Å²) in [5.74, 6) is 0. The Morgan fingerprint density at radius 2 is 2.07 bits per heavy atom. The Hall–Kier alpha value is -0.530. The second kappa shape index (κ2) is 3.92. The number of benzene rings is 1. The number of rotatable bonds is 1. The van der Waals surface area contributed by atoms with E-state index in [1.165, 1.54) is 24.0 Å². The molecule has 0 unspecified atom stereocenters. The molecular weight excluding hydrogens is 196 g/mol. The second-order valence-corrected chi connectivity index (χ2v) is 4.37. The van der Waals surface area contributed by atoms with Gasteiger partial charge in [-0.2, -0.15) is 0 Å². The van der Waals surface area contributed by atoms with E-state index in [0.29, 0.717) is 0 Å². The lowest BCUT2D eigenvalue weighted by molar-refractivity contribution is 0.279. The molecule has 1 aromatic carbocycles. The van der Waals surface area contributed by atoms with E-state index >= 15 is 0 Å². The van der Waals surface area contributed by atoms with Gasteiger partial charge in [-0.25, -0.2) is 0 Å². The third-order valence-electron chi connectivity index (χ3n) is 3.14. The second-order valence-electron chi connectivity index (χ2n) is 3.96. The molecule has 0 bridgehead atoms. The summed E-state index contributed by atoms with van der Waals surface area (Å²) in [5.41, 5.74) is 4.80. The standard InChI is InChI=1S/C12H15ClO/c1-8-11(7-14)10-5-3-2-4-9(10)6-12(8)13/h6,14H,2-5,7H2,1H3. The van der Waals surface area contributed by atoms with E-state index < -0.39 is 0 Å². The van der Waals surface area contributed by atoms with Crippen molar-refractivity contribution in [2.24, 2.45) is 0 Å². The first-order chi connectivity index (χ1) is 6.74. The number of aryl methyl sites for hydroxylation is 1. The van der Waals surface area contributed by atoms with Crippen molar-refractivity contribution in [3.63, 3.8) is 0 Å². The van der Waals surface area contributed by atoms with Crippen LogP contribution in [0.3, 0.4) is 0 Å². The number of fused-ring (bicyclic) bond motifs is 1. The van der Waals surface area contributed by atoms with E-state index in [1.54, 1.807) is 0 Å². The maximum atomic E-state index is 9.34. The van der Waals surface area contributed by atoms with Gasteiger partial charge in [-0.1, -0.05) is 11.6 Å². The van der Waals surface area contributed by atoms with Crippen LogP contribution in [-0.4, -0.2) is 5.11 Å². The van der Waals surface area contributed by atoms with Gasteiger partial charge in [-0.05, 0) is 60.9 Å². The van der Waals surface area contributed by atoms with E-state index in [-0.39, 0.29) is 6.61 Å². The van der Waals surface area contributed by atoms with E-state index in [0.717, 1.165) is 29.0 Å². The molecule has 0 heterocycles. The summed E-state index contributed by atoms with van der Waals surface area (Å²) < 4.78 is 0. The molecule has 14 heavy (non-hydrogen) atoms. The van der Waals surface area contributed by atoms with Gasteiger partial charge in [0, 0.05) is 5.02 Å². The third-order valence-corrected chi connectivity index (χ3v) is 3.54. The molecule has 0 radical (unpaired) electrons. The van der Waals surface area contributed by atoms with Gasteiger partial charge in [0.1, 0.15) is 0 Å². The summed E-state index contributed by atoms with van der Waals surface area (Å²) >= 11 is 6.12. The van der Waals surface area contributed by atoms with Crippen molar-refractivity contribution >= 4 is 11.6 Å². The predicted octanol–water partition coefficient (Wildman–Crippen LogP) is 3.02. The fourth-order valence-electron chi connectivity index (χ4n) is 2.28. The molecular formula is C12H15ClO. The number of aliphatic hydroxyl groups is 1. The van der Waals surface area contributed by atoms with Crippen LogP contribution in [0.5, 0.6) is 0 Å². The highest BCUT2D eigenvalue weighted by atomic mass is 35.5. The van der Waals surface area contributed by atoms with E-state index in [4.69, 9.17) is 11.6 Å². The van der Waals surface area contributed by atoms with Crippen molar-refractivity contribution in [2.45, 2.75) is 39.2 Å². The fourth-order valence-corrected chi connectivity index (χ4v) is 2.52. The van der Waals surface area contributed by atoms with Gasteiger partial charge in [0.25, 0.3) is 0 Å². The van der Waals surface area contributed by atoms with Gasteiger partial charge < -0.3 is 5.11 Å². The molecule has 1 aliphatic rings. The summed E-state index contributed by atoms with van der Waals surface area (Å²) in [6, 6.07) is 2.07. The lowest BCUT2D eigenvalue weighted by Crippen LogP contribution is -2.08. The molecule has 76 valence electrons. The van der Waals surface area contributed by atoms with Gasteiger partial charge in [0.05, 0.1) is 6.61 Å². The van der Waals surface area contributed by atoms with Crippen molar-refractivity contribution in [2.75, 3.05) is 0 Å². The lowest BCUT2D eigenvalue weighted by atomic mass is 9.86. The first kappa shape index (κ1) is 10.0. The predicted molar refractivity (Wildman–Crippen MR) is 58.8 cm³/mol. The number of halogens is 1.